The summed E-state index contributed by atoms with van der Waals surface area (Å²) in [6.45, 7) is 11.3. The van der Waals surface area contributed by atoms with E-state index in [1.807, 2.05) is 32.9 Å². The van der Waals surface area contributed by atoms with Gasteiger partial charge in [-0.15, -0.1) is 0 Å². The minimum atomic E-state index is -0.928. The number of rotatable bonds is 3. The Kier molecular flexibility index (Phi) is 5.81. The molecule has 0 bridgehead atoms. The van der Waals surface area contributed by atoms with Crippen molar-refractivity contribution in [3.05, 3.63) is 23.3 Å². The van der Waals surface area contributed by atoms with Crippen molar-refractivity contribution in [2.24, 2.45) is 0 Å². The Labute approximate surface area is 172 Å². The third kappa shape index (κ3) is 4.66. The Bertz CT molecular complexity index is 797. The summed E-state index contributed by atoms with van der Waals surface area (Å²) in [4.78, 5) is 28.9. The van der Waals surface area contributed by atoms with E-state index in [1.54, 1.807) is 30.8 Å². The van der Waals surface area contributed by atoms with E-state index < -0.39 is 11.2 Å². The molecule has 160 valence electrons. The minimum absolute atomic E-state index is 0.0778. The Morgan fingerprint density at radius 2 is 1.79 bits per heavy atom. The lowest BCUT2D eigenvalue weighted by Gasteiger charge is -2.39. The molecule has 0 N–H and O–H groups in total. The molecular formula is C22H32N2O5. The summed E-state index contributed by atoms with van der Waals surface area (Å²) in [5, 5.41) is 0. The van der Waals surface area contributed by atoms with E-state index in [-0.39, 0.29) is 12.0 Å². The predicted molar refractivity (Wildman–Crippen MR) is 111 cm³/mol. The van der Waals surface area contributed by atoms with Crippen molar-refractivity contribution in [2.45, 2.75) is 58.7 Å². The summed E-state index contributed by atoms with van der Waals surface area (Å²) in [5.74, 6) is 0.626. The molecule has 0 unspecified atom stereocenters. The molecule has 0 spiro atoms. The third-order valence-electron chi connectivity index (χ3n) is 5.17. The van der Waals surface area contributed by atoms with E-state index in [4.69, 9.17) is 14.2 Å². The smallest absolute Gasteiger partial charge is 0.410 e. The van der Waals surface area contributed by atoms with Crippen molar-refractivity contribution in [1.82, 2.24) is 4.90 Å². The molecule has 0 saturated carbocycles. The highest BCUT2D eigenvalue weighted by Gasteiger charge is 2.41. The number of carbonyl (C=O) groups is 2. The van der Waals surface area contributed by atoms with Gasteiger partial charge in [-0.2, -0.15) is 0 Å². The first kappa shape index (κ1) is 21.4. The highest BCUT2D eigenvalue weighted by Crippen LogP contribution is 2.40. The predicted octanol–water partition coefficient (Wildman–Crippen LogP) is 3.17. The van der Waals surface area contributed by atoms with Gasteiger partial charge in [-0.25, -0.2) is 4.79 Å². The van der Waals surface area contributed by atoms with Gasteiger partial charge in [-0.05, 0) is 70.7 Å². The zero-order chi connectivity index (χ0) is 21.4. The summed E-state index contributed by atoms with van der Waals surface area (Å²) in [7, 11) is 1.62. The Hall–Kier alpha value is -2.28. The second kappa shape index (κ2) is 7.86. The Balaban J connectivity index is 1.87. The largest absolute Gasteiger partial charge is 0.476 e. The topological polar surface area (TPSA) is 68.3 Å². The number of hydrogen-bond donors (Lipinski definition) is 0. The van der Waals surface area contributed by atoms with Crippen molar-refractivity contribution in [2.75, 3.05) is 38.3 Å². The average Bonchev–Trinajstić information content (AvgIpc) is 2.81. The monoisotopic (exact) mass is 404 g/mol. The fourth-order valence-electron chi connectivity index (χ4n) is 3.70. The van der Waals surface area contributed by atoms with Gasteiger partial charge in [-0.3, -0.25) is 4.79 Å². The number of fused-ring (bicyclic) bond motifs is 2. The SMILES string of the molecule is COCCN1C(=O)C(C)(C)Oc2cc3c(cc21)CCN(C(=O)OC(C)(C)C)CC3. The number of nitrogens with zero attached hydrogens (tertiary/aromatic N) is 2. The van der Waals surface area contributed by atoms with Crippen LogP contribution < -0.4 is 9.64 Å². The molecule has 3 rings (SSSR count). The number of benzene rings is 1. The van der Waals surface area contributed by atoms with E-state index in [9.17, 15) is 9.59 Å². The van der Waals surface area contributed by atoms with Crippen LogP contribution in [0.15, 0.2) is 12.1 Å². The first-order valence-corrected chi connectivity index (χ1v) is 10.2. The highest BCUT2D eigenvalue weighted by molar-refractivity contribution is 6.02. The molecule has 0 atom stereocenters. The molecule has 7 heteroatoms. The molecule has 0 saturated heterocycles. The number of methoxy groups -OCH3 is 1. The van der Waals surface area contributed by atoms with Gasteiger partial charge >= 0.3 is 6.09 Å². The summed E-state index contributed by atoms with van der Waals surface area (Å²) in [6, 6.07) is 4.06. The molecule has 2 aliphatic rings. The number of anilines is 1. The maximum Gasteiger partial charge on any atom is 0.410 e. The normalized spacial score (nSPS) is 18.5. The number of ether oxygens (including phenoxy) is 3. The lowest BCUT2D eigenvalue weighted by atomic mass is 9.97. The molecule has 29 heavy (non-hydrogen) atoms. The second-order valence-corrected chi connectivity index (χ2v) is 9.12. The molecule has 1 aromatic carbocycles. The Morgan fingerprint density at radius 1 is 1.17 bits per heavy atom. The highest BCUT2D eigenvalue weighted by atomic mass is 16.6. The quantitative estimate of drug-likeness (QED) is 0.774. The van der Waals surface area contributed by atoms with Crippen LogP contribution in [0.4, 0.5) is 10.5 Å². The molecule has 2 heterocycles. The van der Waals surface area contributed by atoms with Gasteiger partial charge < -0.3 is 24.0 Å². The second-order valence-electron chi connectivity index (χ2n) is 9.12. The lowest BCUT2D eigenvalue weighted by Crippen LogP contribution is -2.53. The summed E-state index contributed by atoms with van der Waals surface area (Å²) in [5.41, 5.74) is 1.61. The maximum atomic E-state index is 12.9. The zero-order valence-electron chi connectivity index (χ0n) is 18.3. The summed E-state index contributed by atoms with van der Waals surface area (Å²) < 4.78 is 16.8. The lowest BCUT2D eigenvalue weighted by molar-refractivity contribution is -0.132. The van der Waals surface area contributed by atoms with Crippen molar-refractivity contribution in [3.8, 4) is 5.75 Å². The summed E-state index contributed by atoms with van der Waals surface area (Å²) >= 11 is 0. The van der Waals surface area contributed by atoms with Crippen LogP contribution in [0.25, 0.3) is 0 Å². The molecule has 2 aliphatic heterocycles. The van der Waals surface area contributed by atoms with Crippen LogP contribution in [0.1, 0.15) is 45.7 Å². The van der Waals surface area contributed by atoms with Crippen molar-refractivity contribution in [3.63, 3.8) is 0 Å². The van der Waals surface area contributed by atoms with Crippen LogP contribution in [-0.4, -0.2) is 61.5 Å². The fraction of sp³-hybridized carbons (Fsp3) is 0.636. The van der Waals surface area contributed by atoms with Gasteiger partial charge in [0.15, 0.2) is 5.60 Å². The van der Waals surface area contributed by atoms with Crippen LogP contribution in [0.3, 0.4) is 0 Å². The number of amides is 2. The molecule has 0 fully saturated rings. The zero-order valence-corrected chi connectivity index (χ0v) is 18.3. The van der Waals surface area contributed by atoms with E-state index in [0.717, 1.165) is 23.2 Å². The summed E-state index contributed by atoms with van der Waals surface area (Å²) in [6.07, 6.45) is 1.14. The average molecular weight is 405 g/mol. The van der Waals surface area contributed by atoms with E-state index in [0.29, 0.717) is 38.4 Å². The number of hydrogen-bond acceptors (Lipinski definition) is 5. The van der Waals surface area contributed by atoms with Crippen molar-refractivity contribution < 1.29 is 23.8 Å². The van der Waals surface area contributed by atoms with Crippen LogP contribution in [0.5, 0.6) is 5.75 Å². The minimum Gasteiger partial charge on any atom is -0.476 e. The molecular weight excluding hydrogens is 372 g/mol. The van der Waals surface area contributed by atoms with E-state index in [1.165, 1.54) is 0 Å². The van der Waals surface area contributed by atoms with Crippen LogP contribution >= 0.6 is 0 Å². The van der Waals surface area contributed by atoms with Gasteiger partial charge in [0.2, 0.25) is 0 Å². The third-order valence-corrected chi connectivity index (χ3v) is 5.17. The van der Waals surface area contributed by atoms with Gasteiger partial charge in [0, 0.05) is 26.7 Å². The standard InChI is InChI=1S/C22H32N2O5/c1-21(2,3)29-20(26)23-9-7-15-13-17-18(14-16(15)8-10-23)28-22(4,5)19(25)24(17)11-12-27-6/h13-14H,7-12H2,1-6H3. The number of carbonyl (C=O) groups excluding carboxylic acids is 2. The van der Waals surface area contributed by atoms with Crippen LogP contribution in [0.2, 0.25) is 0 Å². The van der Waals surface area contributed by atoms with Crippen molar-refractivity contribution in [1.29, 1.82) is 0 Å². The molecule has 0 aromatic heterocycles. The van der Waals surface area contributed by atoms with Crippen molar-refractivity contribution >= 4 is 17.7 Å². The van der Waals surface area contributed by atoms with Gasteiger partial charge in [0.1, 0.15) is 11.4 Å². The molecule has 2 amide bonds. The Morgan fingerprint density at radius 3 is 2.38 bits per heavy atom. The van der Waals surface area contributed by atoms with Gasteiger partial charge in [0.05, 0.1) is 12.3 Å². The van der Waals surface area contributed by atoms with E-state index >= 15 is 0 Å². The van der Waals surface area contributed by atoms with Gasteiger partial charge in [0.25, 0.3) is 5.91 Å². The van der Waals surface area contributed by atoms with Gasteiger partial charge in [-0.1, -0.05) is 0 Å². The van der Waals surface area contributed by atoms with Crippen LogP contribution in [0, 0.1) is 0 Å². The first-order valence-electron chi connectivity index (χ1n) is 10.2. The molecule has 1 aromatic rings. The van der Waals surface area contributed by atoms with E-state index in [2.05, 4.69) is 0 Å². The molecule has 0 aliphatic carbocycles. The molecule has 7 nitrogen and oxygen atoms in total. The maximum absolute atomic E-state index is 12.9. The molecule has 0 radical (unpaired) electrons. The fourth-order valence-corrected chi connectivity index (χ4v) is 3.70. The first-order chi connectivity index (χ1) is 13.5. The van der Waals surface area contributed by atoms with Crippen LogP contribution in [-0.2, 0) is 27.1 Å².